The number of hydrogen-bond acceptors (Lipinski definition) is 3. The van der Waals surface area contributed by atoms with Crippen molar-refractivity contribution in [2.24, 2.45) is 0 Å². The van der Waals surface area contributed by atoms with Gasteiger partial charge in [0.15, 0.2) is 6.61 Å². The molecule has 1 N–H and O–H groups in total. The number of carbonyl (C=O) groups excluding carboxylic acids is 2. The zero-order valence-corrected chi connectivity index (χ0v) is 21.1. The molecule has 1 atom stereocenters. The number of hydrogen-bond donors (Lipinski definition) is 1. The molecule has 0 aromatic heterocycles. The maximum Gasteiger partial charge on any atom is 0.261 e. The summed E-state index contributed by atoms with van der Waals surface area (Å²) in [5.74, 6) is 0.316. The van der Waals surface area contributed by atoms with Crippen LogP contribution in [-0.2, 0) is 16.1 Å². The van der Waals surface area contributed by atoms with E-state index in [1.165, 1.54) is 4.90 Å². The van der Waals surface area contributed by atoms with Crippen LogP contribution in [0.5, 0.6) is 5.75 Å². The number of rotatable bonds is 9. The lowest BCUT2D eigenvalue weighted by Gasteiger charge is -2.29. The fourth-order valence-electron chi connectivity index (χ4n) is 2.97. The molecule has 0 aliphatic carbocycles. The second-order valence-corrected chi connectivity index (χ2v) is 9.09. The molecule has 0 bridgehead atoms. The highest BCUT2D eigenvalue weighted by atomic mass is 79.9. The minimum Gasteiger partial charge on any atom is -0.483 e. The molecule has 0 saturated heterocycles. The molecule has 168 valence electrons. The highest BCUT2D eigenvalue weighted by Crippen LogP contribution is 2.30. The van der Waals surface area contributed by atoms with Crippen LogP contribution in [-0.4, -0.2) is 35.9 Å². The molecule has 2 amide bonds. The van der Waals surface area contributed by atoms with Gasteiger partial charge in [-0.3, -0.25) is 9.59 Å². The van der Waals surface area contributed by atoms with E-state index in [0.29, 0.717) is 33.8 Å². The summed E-state index contributed by atoms with van der Waals surface area (Å²) in [6, 6.07) is 10.2. The fraction of sp³-hybridized carbons (Fsp3) is 0.391. The van der Waals surface area contributed by atoms with E-state index in [0.717, 1.165) is 10.0 Å². The van der Waals surface area contributed by atoms with E-state index in [2.05, 4.69) is 35.1 Å². The van der Waals surface area contributed by atoms with Gasteiger partial charge in [-0.05, 0) is 65.5 Å². The number of amides is 2. The van der Waals surface area contributed by atoms with Crippen molar-refractivity contribution in [3.05, 3.63) is 62.0 Å². The van der Waals surface area contributed by atoms with Gasteiger partial charge in [0.05, 0.1) is 4.47 Å². The Morgan fingerprint density at radius 1 is 1.13 bits per heavy atom. The van der Waals surface area contributed by atoms with Gasteiger partial charge in [-0.2, -0.15) is 0 Å². The van der Waals surface area contributed by atoms with Crippen molar-refractivity contribution >= 4 is 50.9 Å². The molecule has 0 fully saturated rings. The number of nitrogens with zero attached hydrogens (tertiary/aromatic N) is 1. The van der Waals surface area contributed by atoms with Crippen LogP contribution in [0.4, 0.5) is 0 Å². The van der Waals surface area contributed by atoms with Crippen molar-refractivity contribution in [2.75, 3.05) is 13.2 Å². The Morgan fingerprint density at radius 2 is 1.77 bits per heavy atom. The second-order valence-electron chi connectivity index (χ2n) is 7.43. The van der Waals surface area contributed by atoms with Crippen molar-refractivity contribution in [1.29, 1.82) is 0 Å². The number of ether oxygens (including phenoxy) is 1. The Hall–Kier alpha value is -1.76. The Kier molecular flexibility index (Phi) is 9.66. The third-order valence-electron chi connectivity index (χ3n) is 4.88. The molecule has 8 heteroatoms. The lowest BCUT2D eigenvalue weighted by molar-refractivity contribution is -0.142. The summed E-state index contributed by atoms with van der Waals surface area (Å²) < 4.78 is 6.53. The quantitative estimate of drug-likeness (QED) is 0.445. The summed E-state index contributed by atoms with van der Waals surface area (Å²) in [5, 5.41) is 3.61. The zero-order valence-electron chi connectivity index (χ0n) is 18.0. The van der Waals surface area contributed by atoms with Crippen molar-refractivity contribution in [2.45, 2.75) is 46.2 Å². The van der Waals surface area contributed by atoms with Crippen LogP contribution in [0.2, 0.25) is 10.0 Å². The molecule has 5 nitrogen and oxygen atoms in total. The van der Waals surface area contributed by atoms with Crippen molar-refractivity contribution in [1.82, 2.24) is 10.2 Å². The van der Waals surface area contributed by atoms with E-state index in [4.69, 9.17) is 27.9 Å². The van der Waals surface area contributed by atoms with Crippen LogP contribution in [0.3, 0.4) is 0 Å². The largest absolute Gasteiger partial charge is 0.483 e. The Balaban J connectivity index is 2.22. The number of halogens is 3. The third kappa shape index (κ3) is 6.86. The van der Waals surface area contributed by atoms with E-state index >= 15 is 0 Å². The van der Waals surface area contributed by atoms with Gasteiger partial charge in [0.1, 0.15) is 11.8 Å². The van der Waals surface area contributed by atoms with Crippen molar-refractivity contribution < 1.29 is 14.3 Å². The average molecular weight is 530 g/mol. The van der Waals surface area contributed by atoms with Crippen LogP contribution in [0, 0.1) is 0 Å². The van der Waals surface area contributed by atoms with Gasteiger partial charge < -0.3 is 15.0 Å². The van der Waals surface area contributed by atoms with Gasteiger partial charge in [0.25, 0.3) is 5.91 Å². The van der Waals surface area contributed by atoms with E-state index in [9.17, 15) is 9.59 Å². The van der Waals surface area contributed by atoms with Crippen molar-refractivity contribution in [3.8, 4) is 5.75 Å². The molecule has 2 rings (SSSR count). The predicted molar refractivity (Wildman–Crippen MR) is 129 cm³/mol. The molecule has 2 aromatic carbocycles. The first-order valence-corrected chi connectivity index (χ1v) is 11.6. The maximum absolute atomic E-state index is 13.1. The maximum atomic E-state index is 13.1. The molecule has 0 heterocycles. The first-order valence-electron chi connectivity index (χ1n) is 10.1. The predicted octanol–water partition coefficient (Wildman–Crippen LogP) is 5.81. The number of benzene rings is 2. The smallest absolute Gasteiger partial charge is 0.261 e. The lowest BCUT2D eigenvalue weighted by Crippen LogP contribution is -2.49. The Bertz CT molecular complexity index is 917. The molecular weight excluding hydrogens is 503 g/mol. The normalized spacial score (nSPS) is 11.9. The van der Waals surface area contributed by atoms with Crippen LogP contribution in [0.1, 0.15) is 44.7 Å². The van der Waals surface area contributed by atoms with Crippen LogP contribution in [0.25, 0.3) is 0 Å². The molecule has 0 spiro atoms. The molecule has 0 aliphatic rings. The number of likely N-dealkylation sites (N-methyl/N-ethyl adjacent to an activating group) is 1. The van der Waals surface area contributed by atoms with Crippen molar-refractivity contribution in [3.63, 3.8) is 0 Å². The first kappa shape index (κ1) is 25.5. The zero-order chi connectivity index (χ0) is 23.1. The summed E-state index contributed by atoms with van der Waals surface area (Å²) in [4.78, 5) is 27.0. The molecule has 2 aromatic rings. The second kappa shape index (κ2) is 11.7. The van der Waals surface area contributed by atoms with Gasteiger partial charge in [-0.15, -0.1) is 0 Å². The van der Waals surface area contributed by atoms with Gasteiger partial charge in [0.2, 0.25) is 5.91 Å². The summed E-state index contributed by atoms with van der Waals surface area (Å²) in [6.45, 7) is 8.02. The van der Waals surface area contributed by atoms with E-state index in [-0.39, 0.29) is 25.0 Å². The lowest BCUT2D eigenvalue weighted by atomic mass is 10.0. The van der Waals surface area contributed by atoms with Crippen LogP contribution >= 0.6 is 39.1 Å². The monoisotopic (exact) mass is 528 g/mol. The van der Waals surface area contributed by atoms with E-state index in [1.54, 1.807) is 25.1 Å². The van der Waals surface area contributed by atoms with E-state index in [1.807, 2.05) is 25.1 Å². The van der Waals surface area contributed by atoms with Gasteiger partial charge in [-0.25, -0.2) is 0 Å². The summed E-state index contributed by atoms with van der Waals surface area (Å²) in [7, 11) is 0. The highest BCUT2D eigenvalue weighted by Gasteiger charge is 2.27. The van der Waals surface area contributed by atoms with Crippen LogP contribution in [0.15, 0.2) is 40.9 Å². The first-order chi connectivity index (χ1) is 14.6. The summed E-state index contributed by atoms with van der Waals surface area (Å²) in [5.41, 5.74) is 1.74. The molecule has 0 saturated carbocycles. The topological polar surface area (TPSA) is 58.6 Å². The SMILES string of the molecule is CCNC(=O)C(C)N(Cc1c(Cl)cccc1Cl)C(=O)COc1ccc(C(C)C)cc1Br. The molecule has 0 radical (unpaired) electrons. The fourth-order valence-corrected chi connectivity index (χ4v) is 4.00. The standard InChI is InChI=1S/C23H27BrCl2N2O3/c1-5-27-23(30)15(4)28(12-17-19(25)7-6-8-20(17)26)22(29)13-31-21-10-9-16(14(2)3)11-18(21)24/h6-11,14-15H,5,12-13H2,1-4H3,(H,27,30). The Morgan fingerprint density at radius 3 is 2.32 bits per heavy atom. The number of carbonyl (C=O) groups is 2. The van der Waals surface area contributed by atoms with Gasteiger partial charge >= 0.3 is 0 Å². The number of nitrogens with one attached hydrogen (secondary N) is 1. The van der Waals surface area contributed by atoms with E-state index < -0.39 is 6.04 Å². The minimum absolute atomic E-state index is 0.0897. The average Bonchev–Trinajstić information content (AvgIpc) is 2.72. The minimum atomic E-state index is -0.727. The van der Waals surface area contributed by atoms with Gasteiger partial charge in [-0.1, -0.05) is 49.2 Å². The molecule has 0 aliphatic heterocycles. The summed E-state index contributed by atoms with van der Waals surface area (Å²) in [6.07, 6.45) is 0. The highest BCUT2D eigenvalue weighted by molar-refractivity contribution is 9.10. The Labute approximate surface area is 202 Å². The molecule has 31 heavy (non-hydrogen) atoms. The molecular formula is C23H27BrCl2N2O3. The van der Waals surface area contributed by atoms with Gasteiger partial charge in [0, 0.05) is 28.7 Å². The molecule has 1 unspecified atom stereocenters. The third-order valence-corrected chi connectivity index (χ3v) is 6.21. The van der Waals surface area contributed by atoms with Crippen LogP contribution < -0.4 is 10.1 Å². The summed E-state index contributed by atoms with van der Waals surface area (Å²) >= 11 is 16.1.